The Morgan fingerprint density at radius 3 is 2.39 bits per heavy atom. The van der Waals surface area contributed by atoms with Gasteiger partial charge in [-0.3, -0.25) is 4.79 Å². The van der Waals surface area contributed by atoms with Crippen LogP contribution in [0.2, 0.25) is 0 Å². The van der Waals surface area contributed by atoms with Crippen molar-refractivity contribution in [2.24, 2.45) is 5.92 Å². The van der Waals surface area contributed by atoms with Crippen LogP contribution in [-0.4, -0.2) is 21.8 Å². The Hall–Kier alpha value is -1.42. The lowest BCUT2D eigenvalue weighted by molar-refractivity contribution is -0.151. The number of hydrogen-bond donors (Lipinski definition) is 2. The molecule has 2 unspecified atom stereocenters. The second-order valence-corrected chi connectivity index (χ2v) is 4.84. The van der Waals surface area contributed by atoms with Crippen LogP contribution in [0.15, 0.2) is 24.3 Å². The molecule has 100 valence electrons. The molecule has 0 amide bonds. The van der Waals surface area contributed by atoms with E-state index in [0.717, 1.165) is 5.56 Å². The van der Waals surface area contributed by atoms with Gasteiger partial charge in [-0.15, -0.1) is 0 Å². The van der Waals surface area contributed by atoms with Crippen LogP contribution in [0, 0.1) is 11.7 Å². The van der Waals surface area contributed by atoms with Crippen molar-refractivity contribution in [1.29, 1.82) is 0 Å². The third-order valence-electron chi connectivity index (χ3n) is 3.10. The van der Waals surface area contributed by atoms with Gasteiger partial charge in [-0.05, 0) is 31.0 Å². The van der Waals surface area contributed by atoms with Gasteiger partial charge in [-0.25, -0.2) is 4.39 Å². The van der Waals surface area contributed by atoms with E-state index in [1.807, 2.05) is 6.92 Å². The summed E-state index contributed by atoms with van der Waals surface area (Å²) in [6, 6.07) is 5.74. The van der Waals surface area contributed by atoms with Crippen LogP contribution in [-0.2, 0) is 11.2 Å². The van der Waals surface area contributed by atoms with E-state index in [-0.39, 0.29) is 12.2 Å². The average Bonchev–Trinajstić information content (AvgIpc) is 2.28. The quantitative estimate of drug-likeness (QED) is 0.820. The van der Waals surface area contributed by atoms with Crippen LogP contribution >= 0.6 is 0 Å². The monoisotopic (exact) mass is 254 g/mol. The van der Waals surface area contributed by atoms with Crippen molar-refractivity contribution in [1.82, 2.24) is 0 Å². The number of aliphatic hydroxyl groups is 1. The molecule has 0 spiro atoms. The van der Waals surface area contributed by atoms with Gasteiger partial charge < -0.3 is 10.2 Å². The van der Waals surface area contributed by atoms with Crippen LogP contribution in [0.1, 0.15) is 32.3 Å². The first-order chi connectivity index (χ1) is 8.36. The maximum Gasteiger partial charge on any atom is 0.309 e. The van der Waals surface area contributed by atoms with Gasteiger partial charge in [0.2, 0.25) is 0 Å². The lowest BCUT2D eigenvalue weighted by Crippen LogP contribution is -2.41. The van der Waals surface area contributed by atoms with E-state index in [1.165, 1.54) is 19.1 Å². The van der Waals surface area contributed by atoms with E-state index in [9.17, 15) is 14.3 Å². The Kier molecular flexibility index (Phi) is 4.84. The van der Waals surface area contributed by atoms with Crippen LogP contribution in [0.3, 0.4) is 0 Å². The van der Waals surface area contributed by atoms with Gasteiger partial charge in [0.25, 0.3) is 0 Å². The zero-order chi connectivity index (χ0) is 13.8. The van der Waals surface area contributed by atoms with Gasteiger partial charge >= 0.3 is 5.97 Å². The van der Waals surface area contributed by atoms with E-state index in [1.54, 1.807) is 12.1 Å². The molecule has 0 saturated carbocycles. The minimum absolute atomic E-state index is 0.199. The first-order valence-corrected chi connectivity index (χ1v) is 6.06. The third kappa shape index (κ3) is 3.81. The summed E-state index contributed by atoms with van der Waals surface area (Å²) in [5, 5.41) is 19.5. The second-order valence-electron chi connectivity index (χ2n) is 4.84. The van der Waals surface area contributed by atoms with Crippen molar-refractivity contribution in [2.45, 2.75) is 38.7 Å². The van der Waals surface area contributed by atoms with Gasteiger partial charge in [0.1, 0.15) is 5.82 Å². The Morgan fingerprint density at radius 2 is 1.94 bits per heavy atom. The summed E-state index contributed by atoms with van der Waals surface area (Å²) in [7, 11) is 0. The highest BCUT2D eigenvalue weighted by Gasteiger charge is 2.36. The van der Waals surface area contributed by atoms with Crippen LogP contribution in [0.4, 0.5) is 4.39 Å². The molecule has 1 aromatic carbocycles. The molecule has 0 radical (unpaired) electrons. The summed E-state index contributed by atoms with van der Waals surface area (Å²) in [5.74, 6) is -2.15. The minimum atomic E-state index is -1.33. The minimum Gasteiger partial charge on any atom is -0.481 e. The number of hydrogen-bond acceptors (Lipinski definition) is 2. The van der Waals surface area contributed by atoms with E-state index >= 15 is 0 Å². The molecule has 0 aliphatic heterocycles. The van der Waals surface area contributed by atoms with E-state index in [4.69, 9.17) is 5.11 Å². The van der Waals surface area contributed by atoms with Gasteiger partial charge in [0, 0.05) is 6.42 Å². The highest BCUT2D eigenvalue weighted by molar-refractivity contribution is 5.71. The Labute approximate surface area is 106 Å². The van der Waals surface area contributed by atoms with Crippen molar-refractivity contribution in [3.8, 4) is 0 Å². The molecule has 0 aliphatic rings. The predicted molar refractivity (Wildman–Crippen MR) is 66.8 cm³/mol. The van der Waals surface area contributed by atoms with Crippen molar-refractivity contribution in [3.63, 3.8) is 0 Å². The van der Waals surface area contributed by atoms with E-state index in [2.05, 4.69) is 0 Å². The summed E-state index contributed by atoms with van der Waals surface area (Å²) >= 11 is 0. The first-order valence-electron chi connectivity index (χ1n) is 6.06. The topological polar surface area (TPSA) is 57.5 Å². The second kappa shape index (κ2) is 5.96. The molecule has 0 aromatic heterocycles. The molecule has 18 heavy (non-hydrogen) atoms. The van der Waals surface area contributed by atoms with Crippen molar-refractivity contribution in [2.75, 3.05) is 0 Å². The number of carboxylic acids is 1. The molecule has 0 bridgehead atoms. The van der Waals surface area contributed by atoms with E-state index < -0.39 is 17.5 Å². The lowest BCUT2D eigenvalue weighted by Gasteiger charge is -2.30. The van der Waals surface area contributed by atoms with Gasteiger partial charge in [-0.1, -0.05) is 25.5 Å². The summed E-state index contributed by atoms with van der Waals surface area (Å²) < 4.78 is 12.8. The standard InChI is InChI=1S/C14H19FO3/c1-3-4-12(13(16)17)14(2,18)9-10-5-7-11(15)8-6-10/h5-8,12,18H,3-4,9H2,1-2H3,(H,16,17). The summed E-state index contributed by atoms with van der Waals surface area (Å²) in [5.41, 5.74) is -0.608. The molecule has 0 fully saturated rings. The zero-order valence-corrected chi connectivity index (χ0v) is 10.7. The fourth-order valence-corrected chi connectivity index (χ4v) is 2.13. The summed E-state index contributed by atoms with van der Waals surface area (Å²) in [6.45, 7) is 3.40. The van der Waals surface area contributed by atoms with Crippen LogP contribution < -0.4 is 0 Å². The molecule has 0 aliphatic carbocycles. The average molecular weight is 254 g/mol. The van der Waals surface area contributed by atoms with Crippen molar-refractivity contribution < 1.29 is 19.4 Å². The molecule has 1 rings (SSSR count). The molecule has 0 saturated heterocycles. The largest absolute Gasteiger partial charge is 0.481 e. The zero-order valence-electron chi connectivity index (χ0n) is 10.7. The Bertz CT molecular complexity index is 398. The Balaban J connectivity index is 2.84. The maximum absolute atomic E-state index is 12.8. The van der Waals surface area contributed by atoms with E-state index in [0.29, 0.717) is 12.8 Å². The van der Waals surface area contributed by atoms with Gasteiger partial charge in [0.15, 0.2) is 0 Å². The fourth-order valence-electron chi connectivity index (χ4n) is 2.13. The molecule has 2 atom stereocenters. The van der Waals surface area contributed by atoms with Crippen molar-refractivity contribution >= 4 is 5.97 Å². The number of rotatable bonds is 6. The summed E-state index contributed by atoms with van der Waals surface area (Å²) in [6.07, 6.45) is 1.31. The smallest absolute Gasteiger partial charge is 0.309 e. The molecule has 3 nitrogen and oxygen atoms in total. The highest BCUT2D eigenvalue weighted by Crippen LogP contribution is 2.26. The molecule has 4 heteroatoms. The number of benzene rings is 1. The van der Waals surface area contributed by atoms with Gasteiger partial charge in [-0.2, -0.15) is 0 Å². The SMILES string of the molecule is CCCC(C(=O)O)C(C)(O)Cc1ccc(F)cc1. The summed E-state index contributed by atoms with van der Waals surface area (Å²) in [4.78, 5) is 11.2. The maximum atomic E-state index is 12.8. The highest BCUT2D eigenvalue weighted by atomic mass is 19.1. The molecular formula is C14H19FO3. The number of carboxylic acid groups (broad SMARTS) is 1. The molecule has 2 N–H and O–H groups in total. The van der Waals surface area contributed by atoms with Crippen LogP contribution in [0.5, 0.6) is 0 Å². The van der Waals surface area contributed by atoms with Crippen LogP contribution in [0.25, 0.3) is 0 Å². The number of aliphatic carboxylic acids is 1. The molecule has 1 aromatic rings. The normalized spacial score (nSPS) is 16.0. The lowest BCUT2D eigenvalue weighted by atomic mass is 9.81. The van der Waals surface area contributed by atoms with Gasteiger partial charge in [0.05, 0.1) is 11.5 Å². The third-order valence-corrected chi connectivity index (χ3v) is 3.10. The predicted octanol–water partition coefficient (Wildman–Crippen LogP) is 2.62. The van der Waals surface area contributed by atoms with Crippen molar-refractivity contribution in [3.05, 3.63) is 35.6 Å². The number of halogens is 1. The molecular weight excluding hydrogens is 235 g/mol. The molecule has 0 heterocycles. The Morgan fingerprint density at radius 1 is 1.39 bits per heavy atom. The number of carbonyl (C=O) groups is 1. The first kappa shape index (κ1) is 14.6. The fraction of sp³-hybridized carbons (Fsp3) is 0.500.